The van der Waals surface area contributed by atoms with Gasteiger partial charge in [0.05, 0.1) is 41.1 Å². The van der Waals surface area contributed by atoms with Gasteiger partial charge >= 0.3 is 11.4 Å². The van der Waals surface area contributed by atoms with Crippen molar-refractivity contribution in [2.24, 2.45) is 0 Å². The molecule has 12 rings (SSSR count). The minimum absolute atomic E-state index is 0.156. The first-order chi connectivity index (χ1) is 30.9. The van der Waals surface area contributed by atoms with Gasteiger partial charge < -0.3 is 14.2 Å². The molecule has 2 saturated heterocycles. The van der Waals surface area contributed by atoms with Crippen LogP contribution in [0.15, 0.2) is 93.5 Å². The van der Waals surface area contributed by atoms with Crippen LogP contribution in [-0.4, -0.2) is 72.9 Å². The van der Waals surface area contributed by atoms with E-state index in [1.54, 1.807) is 64.6 Å². The maximum Gasteiger partial charge on any atom is 0.438 e. The maximum atomic E-state index is 15.7. The summed E-state index contributed by atoms with van der Waals surface area (Å²) in [5.74, 6) is 0.0846. The molecule has 64 heavy (non-hydrogen) atoms. The molecule has 8 heterocycles. The minimum Gasteiger partial charge on any atom is -0.376 e. The predicted octanol–water partition coefficient (Wildman–Crippen LogP) is 7.26. The molecule has 1 amide bonds. The number of H-pyrrole nitrogens is 1. The number of ether oxygens (including phenoxy) is 1. The summed E-state index contributed by atoms with van der Waals surface area (Å²) in [5.41, 5.74) is 4.94. The predicted molar refractivity (Wildman–Crippen MR) is 234 cm³/mol. The molecule has 0 radical (unpaired) electrons. The number of aromatic amines is 1. The van der Waals surface area contributed by atoms with Gasteiger partial charge in [0, 0.05) is 58.7 Å². The number of hydrogen-bond acceptors (Lipinski definition) is 9. The maximum absolute atomic E-state index is 15.7. The second-order valence-electron chi connectivity index (χ2n) is 18.7. The van der Waals surface area contributed by atoms with E-state index in [0.29, 0.717) is 78.0 Å². The van der Waals surface area contributed by atoms with Crippen LogP contribution in [0.2, 0.25) is 0 Å². The lowest BCUT2D eigenvalue weighted by Gasteiger charge is -2.35. The first-order valence-corrected chi connectivity index (χ1v) is 22.0. The van der Waals surface area contributed by atoms with Crippen molar-refractivity contribution in [2.45, 2.75) is 102 Å². The Morgan fingerprint density at radius 1 is 0.875 bits per heavy atom. The highest BCUT2D eigenvalue weighted by Gasteiger charge is 2.54. The van der Waals surface area contributed by atoms with Crippen molar-refractivity contribution in [1.82, 2.24) is 48.7 Å². The number of amides is 1. The number of fused-ring (bicyclic) bond motifs is 6. The number of imidazole rings is 1. The van der Waals surface area contributed by atoms with Crippen LogP contribution in [0.3, 0.4) is 0 Å². The van der Waals surface area contributed by atoms with Crippen molar-refractivity contribution in [3.05, 3.63) is 146 Å². The molecule has 3 atom stereocenters. The van der Waals surface area contributed by atoms with Crippen molar-refractivity contribution >= 4 is 27.6 Å². The fourth-order valence-electron chi connectivity index (χ4n) is 11.0. The van der Waals surface area contributed by atoms with E-state index >= 15 is 9.18 Å². The molecule has 5 aromatic heterocycles. The quantitative estimate of drug-likeness (QED) is 0.174. The Labute approximate surface area is 365 Å². The van der Waals surface area contributed by atoms with Crippen LogP contribution < -0.4 is 11.4 Å². The Hall–Kier alpha value is -6.94. The Balaban J connectivity index is 1.01. The smallest absolute Gasteiger partial charge is 0.376 e. The Morgan fingerprint density at radius 3 is 2.41 bits per heavy atom. The summed E-state index contributed by atoms with van der Waals surface area (Å²) < 4.78 is 33.2. The van der Waals surface area contributed by atoms with E-state index in [-0.39, 0.29) is 29.1 Å². The second-order valence-corrected chi connectivity index (χ2v) is 18.7. The Morgan fingerprint density at radius 2 is 1.66 bits per heavy atom. The summed E-state index contributed by atoms with van der Waals surface area (Å²) in [7, 11) is 0. The fraction of sp³-hybridized carbons (Fsp3) is 0.354. The van der Waals surface area contributed by atoms with Crippen LogP contribution in [-0.2, 0) is 16.7 Å². The lowest BCUT2D eigenvalue weighted by molar-refractivity contribution is -0.0592. The third kappa shape index (κ3) is 5.84. The Bertz CT molecular complexity index is 3340. The molecule has 3 fully saturated rings. The molecule has 15 nitrogen and oxygen atoms in total. The van der Waals surface area contributed by atoms with E-state index in [4.69, 9.17) is 14.4 Å². The van der Waals surface area contributed by atoms with Gasteiger partial charge in [0.1, 0.15) is 22.9 Å². The Kier molecular flexibility index (Phi) is 8.33. The van der Waals surface area contributed by atoms with Gasteiger partial charge in [0.25, 0.3) is 5.91 Å². The van der Waals surface area contributed by atoms with Crippen LogP contribution in [0.5, 0.6) is 0 Å². The molecule has 16 heteroatoms. The summed E-state index contributed by atoms with van der Waals surface area (Å²) in [6.07, 6.45) is 11.7. The number of hydrogen-bond donors (Lipinski definition) is 1. The molecule has 0 unspecified atom stereocenters. The molecule has 3 aromatic carbocycles. The molecule has 2 bridgehead atoms. The number of aromatic nitrogens is 9. The van der Waals surface area contributed by atoms with Gasteiger partial charge in [0.2, 0.25) is 0 Å². The number of carbonyl (C=O) groups excluding carboxylic acids is 1. The topological polar surface area (TPSA) is 164 Å². The van der Waals surface area contributed by atoms with Gasteiger partial charge in [-0.15, -0.1) is 0 Å². The van der Waals surface area contributed by atoms with Gasteiger partial charge in [-0.05, 0) is 131 Å². The van der Waals surface area contributed by atoms with Crippen molar-refractivity contribution < 1.29 is 18.4 Å². The van der Waals surface area contributed by atoms with E-state index in [2.05, 4.69) is 57.0 Å². The van der Waals surface area contributed by atoms with Gasteiger partial charge in [-0.25, -0.2) is 18.7 Å². The van der Waals surface area contributed by atoms with Crippen molar-refractivity contribution in [1.29, 1.82) is 0 Å². The van der Waals surface area contributed by atoms with Gasteiger partial charge in [-0.1, -0.05) is 17.3 Å². The molecule has 324 valence electrons. The summed E-state index contributed by atoms with van der Waals surface area (Å²) in [4.78, 5) is 47.6. The zero-order valence-corrected chi connectivity index (χ0v) is 35.8. The summed E-state index contributed by atoms with van der Waals surface area (Å²) in [6, 6.07) is 17.0. The molecular weight excluding hydrogens is 816 g/mol. The average molecular weight is 861 g/mol. The molecule has 8 aromatic rings. The summed E-state index contributed by atoms with van der Waals surface area (Å²) in [6.45, 7) is 8.37. The van der Waals surface area contributed by atoms with Crippen LogP contribution in [0.4, 0.5) is 4.39 Å². The molecule has 1 N–H and O–H groups in total. The van der Waals surface area contributed by atoms with Crippen LogP contribution >= 0.6 is 0 Å². The fourth-order valence-corrected chi connectivity index (χ4v) is 11.0. The lowest BCUT2D eigenvalue weighted by Crippen LogP contribution is -2.43. The molecule has 1 aliphatic carbocycles. The van der Waals surface area contributed by atoms with E-state index in [0.717, 1.165) is 52.2 Å². The number of nitrogens with one attached hydrogen (secondary N) is 1. The number of aryl methyl sites for hydroxylation is 2. The van der Waals surface area contributed by atoms with E-state index in [1.165, 1.54) is 5.56 Å². The highest BCUT2D eigenvalue weighted by Crippen LogP contribution is 2.53. The highest BCUT2D eigenvalue weighted by molar-refractivity contribution is 6.00. The molecular formula is C48H45FN10O5. The number of halogens is 1. The molecule has 3 aliphatic heterocycles. The van der Waals surface area contributed by atoms with E-state index in [1.807, 2.05) is 29.2 Å². The van der Waals surface area contributed by atoms with Crippen LogP contribution in [0.25, 0.3) is 38.9 Å². The third-order valence-electron chi connectivity index (χ3n) is 14.2. The van der Waals surface area contributed by atoms with Gasteiger partial charge in [-0.3, -0.25) is 23.4 Å². The SMILES string of the molecule is Cc1cc(-n2nc3c(c2-n2ccn(-c4ccc5cnncc5c4)c2=O)[C@@H]2CC[C@H](C3)N2C(=O)c2cc3cc([C@H]4CCOC(C)(C)C4)ccc3n2C2(c3noc(=O)[nH]3)CC2)cc(C)c1F. The van der Waals surface area contributed by atoms with Gasteiger partial charge in [0.15, 0.2) is 5.82 Å². The first-order valence-electron chi connectivity index (χ1n) is 22.0. The normalized spacial score (nSPS) is 20.9. The highest BCUT2D eigenvalue weighted by atomic mass is 19.1. The van der Waals surface area contributed by atoms with E-state index < -0.39 is 17.3 Å². The molecule has 4 aliphatic rings. The van der Waals surface area contributed by atoms with Gasteiger partial charge in [-0.2, -0.15) is 15.3 Å². The third-order valence-corrected chi connectivity index (χ3v) is 14.2. The number of carbonyl (C=O) groups is 1. The number of benzene rings is 3. The zero-order valence-electron chi connectivity index (χ0n) is 35.8. The van der Waals surface area contributed by atoms with Crippen molar-refractivity contribution in [3.63, 3.8) is 0 Å². The second kappa shape index (κ2) is 13.8. The molecule has 0 spiro atoms. The minimum atomic E-state index is -0.777. The van der Waals surface area contributed by atoms with Crippen molar-refractivity contribution in [3.8, 4) is 17.2 Å². The molecule has 1 saturated carbocycles. The van der Waals surface area contributed by atoms with Crippen LogP contribution in [0, 0.1) is 19.7 Å². The zero-order chi connectivity index (χ0) is 43.8. The van der Waals surface area contributed by atoms with Crippen LogP contribution in [0.1, 0.15) is 109 Å². The monoisotopic (exact) mass is 860 g/mol. The lowest BCUT2D eigenvalue weighted by atomic mass is 9.83. The number of rotatable bonds is 7. The largest absolute Gasteiger partial charge is 0.438 e. The average Bonchev–Trinajstić information content (AvgIpc) is 3.69. The first kappa shape index (κ1) is 38.7. The summed E-state index contributed by atoms with van der Waals surface area (Å²) in [5, 5.41) is 20.0. The van der Waals surface area contributed by atoms with Crippen molar-refractivity contribution in [2.75, 3.05) is 6.61 Å². The number of nitrogens with zero attached hydrogens (tertiary/aromatic N) is 9. The van der Waals surface area contributed by atoms with E-state index in [9.17, 15) is 9.59 Å². The standard InChI is InChI=1S/C48H45FN10O5/c1-26-17-35(18-27(2)41(26)49)59-42(56-15-14-55(46(56)62)33-7-5-30-24-50-51-25-32(30)20-33)40-36(53-59)22-34-8-10-38(40)57(34)43(60)39-21-31-19-28(29-11-16-63-47(3,4)23-29)6-9-37(31)58(39)48(12-13-48)44-52-45(61)64-54-44/h5-7,9,14-15,17-21,24-25,29,34,38H,8,10-13,16,22-23H2,1-4H3,(H,52,54,61)/t29-,34+,38-/m0/s1. The summed E-state index contributed by atoms with van der Waals surface area (Å²) >= 11 is 0.